The highest BCUT2D eigenvalue weighted by atomic mass is 19.1. The van der Waals surface area contributed by atoms with Crippen molar-refractivity contribution in [3.8, 4) is 0 Å². The number of carboxylic acid groups (broad SMARTS) is 1. The minimum atomic E-state index is -1.03. The van der Waals surface area contributed by atoms with E-state index >= 15 is 0 Å². The van der Waals surface area contributed by atoms with Gasteiger partial charge >= 0.3 is 5.97 Å². The quantitative estimate of drug-likeness (QED) is 0.630. The van der Waals surface area contributed by atoms with Crippen molar-refractivity contribution < 1.29 is 24.0 Å². The van der Waals surface area contributed by atoms with Crippen molar-refractivity contribution in [2.45, 2.75) is 6.04 Å². The lowest BCUT2D eigenvalue weighted by molar-refractivity contribution is -0.385. The molecule has 0 spiro atoms. The molecule has 0 radical (unpaired) electrons. The third kappa shape index (κ3) is 2.79. The van der Waals surface area contributed by atoms with E-state index in [1.165, 1.54) is 6.07 Å². The number of nitrogens with zero attached hydrogens (tertiary/aromatic N) is 1. The Balaban J connectivity index is 2.15. The molecule has 0 aliphatic carbocycles. The summed E-state index contributed by atoms with van der Waals surface area (Å²) in [5.41, 5.74) is -0.340. The van der Waals surface area contributed by atoms with Crippen LogP contribution in [-0.2, 0) is 9.53 Å². The average Bonchev–Trinajstić information content (AvgIpc) is 2.79. The third-order valence-corrected chi connectivity index (χ3v) is 2.90. The standard InChI is InChI=1S/C11H11FN2O5/c12-8-3-6(14(17)18)1-2-9(8)13-10-5-19-4-7(10)11(15)16/h1-3,7,10,13H,4-5H2,(H,15,16). The van der Waals surface area contributed by atoms with Gasteiger partial charge in [-0.2, -0.15) is 0 Å². The highest BCUT2D eigenvalue weighted by Crippen LogP contribution is 2.24. The van der Waals surface area contributed by atoms with Crippen LogP contribution in [-0.4, -0.2) is 35.3 Å². The van der Waals surface area contributed by atoms with Gasteiger partial charge in [-0.15, -0.1) is 0 Å². The maximum absolute atomic E-state index is 13.6. The van der Waals surface area contributed by atoms with Crippen LogP contribution in [0.25, 0.3) is 0 Å². The van der Waals surface area contributed by atoms with Gasteiger partial charge in [0.25, 0.3) is 5.69 Å². The Kier molecular flexibility index (Phi) is 3.61. The number of ether oxygens (including phenoxy) is 1. The lowest BCUT2D eigenvalue weighted by Gasteiger charge is -2.17. The van der Waals surface area contributed by atoms with Crippen LogP contribution in [0.2, 0.25) is 0 Å². The fourth-order valence-corrected chi connectivity index (χ4v) is 1.87. The van der Waals surface area contributed by atoms with Gasteiger partial charge in [0.15, 0.2) is 5.82 Å². The van der Waals surface area contributed by atoms with Crippen LogP contribution < -0.4 is 5.32 Å². The highest BCUT2D eigenvalue weighted by Gasteiger charge is 2.34. The van der Waals surface area contributed by atoms with Crippen molar-refractivity contribution in [1.29, 1.82) is 0 Å². The Morgan fingerprint density at radius 1 is 1.53 bits per heavy atom. The molecular weight excluding hydrogens is 259 g/mol. The molecule has 1 aromatic carbocycles. The van der Waals surface area contributed by atoms with Gasteiger partial charge < -0.3 is 15.2 Å². The maximum atomic E-state index is 13.6. The minimum Gasteiger partial charge on any atom is -0.481 e. The Bertz CT molecular complexity index is 522. The van der Waals surface area contributed by atoms with Gasteiger partial charge in [0.05, 0.1) is 35.9 Å². The van der Waals surface area contributed by atoms with Crippen LogP contribution in [0.3, 0.4) is 0 Å². The fourth-order valence-electron chi connectivity index (χ4n) is 1.87. The molecule has 19 heavy (non-hydrogen) atoms. The fraction of sp³-hybridized carbons (Fsp3) is 0.364. The smallest absolute Gasteiger partial charge is 0.311 e. The molecule has 8 heteroatoms. The molecule has 102 valence electrons. The first-order valence-electron chi connectivity index (χ1n) is 5.50. The Labute approximate surface area is 107 Å². The van der Waals surface area contributed by atoms with E-state index in [4.69, 9.17) is 9.84 Å². The van der Waals surface area contributed by atoms with Crippen LogP contribution in [0.1, 0.15) is 0 Å². The summed E-state index contributed by atoms with van der Waals surface area (Å²) in [4.78, 5) is 20.7. The first kappa shape index (κ1) is 13.2. The van der Waals surface area contributed by atoms with Crippen LogP contribution in [0.5, 0.6) is 0 Å². The lowest BCUT2D eigenvalue weighted by atomic mass is 10.0. The van der Waals surface area contributed by atoms with Gasteiger partial charge in [0, 0.05) is 6.07 Å². The van der Waals surface area contributed by atoms with Crippen molar-refractivity contribution in [3.63, 3.8) is 0 Å². The zero-order valence-corrected chi connectivity index (χ0v) is 9.71. The third-order valence-electron chi connectivity index (χ3n) is 2.90. The monoisotopic (exact) mass is 270 g/mol. The maximum Gasteiger partial charge on any atom is 0.311 e. The van der Waals surface area contributed by atoms with Gasteiger partial charge in [0.1, 0.15) is 5.92 Å². The first-order chi connectivity index (χ1) is 8.99. The summed E-state index contributed by atoms with van der Waals surface area (Å²) >= 11 is 0. The topological polar surface area (TPSA) is 102 Å². The van der Waals surface area contributed by atoms with E-state index in [2.05, 4.69) is 5.32 Å². The highest BCUT2D eigenvalue weighted by molar-refractivity contribution is 5.72. The van der Waals surface area contributed by atoms with Crippen molar-refractivity contribution in [2.24, 2.45) is 5.92 Å². The molecule has 1 saturated heterocycles. The predicted octanol–water partition coefficient (Wildman–Crippen LogP) is 1.25. The number of benzene rings is 1. The van der Waals surface area contributed by atoms with Crippen molar-refractivity contribution in [3.05, 3.63) is 34.1 Å². The van der Waals surface area contributed by atoms with Gasteiger partial charge in [-0.25, -0.2) is 4.39 Å². The Morgan fingerprint density at radius 3 is 2.84 bits per heavy atom. The molecule has 2 unspecified atom stereocenters. The molecular formula is C11H11FN2O5. The van der Waals surface area contributed by atoms with Crippen molar-refractivity contribution in [2.75, 3.05) is 18.5 Å². The van der Waals surface area contributed by atoms with E-state index in [-0.39, 0.29) is 24.6 Å². The van der Waals surface area contributed by atoms with Gasteiger partial charge in [-0.3, -0.25) is 14.9 Å². The first-order valence-corrected chi connectivity index (χ1v) is 5.50. The molecule has 2 N–H and O–H groups in total. The number of anilines is 1. The molecule has 0 saturated carbocycles. The zero-order chi connectivity index (χ0) is 14.0. The minimum absolute atomic E-state index is 0.0207. The summed E-state index contributed by atoms with van der Waals surface area (Å²) in [6.07, 6.45) is 0. The largest absolute Gasteiger partial charge is 0.481 e. The number of nitrogens with one attached hydrogen (secondary N) is 1. The van der Waals surface area contributed by atoms with E-state index in [1.54, 1.807) is 0 Å². The van der Waals surface area contributed by atoms with E-state index in [0.717, 1.165) is 12.1 Å². The van der Waals surface area contributed by atoms with E-state index in [0.29, 0.717) is 0 Å². The molecule has 0 amide bonds. The average molecular weight is 270 g/mol. The Hall–Kier alpha value is -2.22. The molecule has 7 nitrogen and oxygen atoms in total. The molecule has 1 heterocycles. The predicted molar refractivity (Wildman–Crippen MR) is 62.4 cm³/mol. The van der Waals surface area contributed by atoms with E-state index in [9.17, 15) is 19.3 Å². The SMILES string of the molecule is O=C(O)C1COCC1Nc1ccc([N+](=O)[O-])cc1F. The second-order valence-corrected chi connectivity index (χ2v) is 4.15. The van der Waals surface area contributed by atoms with Crippen molar-refractivity contribution >= 4 is 17.3 Å². The number of rotatable bonds is 4. The van der Waals surface area contributed by atoms with Crippen LogP contribution >= 0.6 is 0 Å². The molecule has 1 aliphatic heterocycles. The van der Waals surface area contributed by atoms with E-state index in [1.807, 2.05) is 0 Å². The Morgan fingerprint density at radius 2 is 2.26 bits per heavy atom. The molecule has 1 fully saturated rings. The van der Waals surface area contributed by atoms with Crippen LogP contribution in [0.4, 0.5) is 15.8 Å². The summed E-state index contributed by atoms with van der Waals surface area (Å²) in [6, 6.07) is 2.59. The number of halogens is 1. The number of non-ortho nitro benzene ring substituents is 1. The summed E-state index contributed by atoms with van der Waals surface area (Å²) in [7, 11) is 0. The molecule has 1 aromatic rings. The molecule has 0 bridgehead atoms. The second-order valence-electron chi connectivity index (χ2n) is 4.15. The molecule has 1 aliphatic rings. The van der Waals surface area contributed by atoms with Crippen molar-refractivity contribution in [1.82, 2.24) is 0 Å². The molecule has 2 rings (SSSR count). The zero-order valence-electron chi connectivity index (χ0n) is 9.71. The lowest BCUT2D eigenvalue weighted by Crippen LogP contribution is -2.33. The van der Waals surface area contributed by atoms with Crippen LogP contribution in [0.15, 0.2) is 18.2 Å². The summed E-state index contributed by atoms with van der Waals surface area (Å²) in [5.74, 6) is -2.60. The summed E-state index contributed by atoms with van der Waals surface area (Å²) in [5, 5.41) is 22.1. The number of carbonyl (C=O) groups is 1. The molecule has 0 aromatic heterocycles. The number of nitro benzene ring substituents is 1. The number of aliphatic carboxylic acids is 1. The molecule has 2 atom stereocenters. The second kappa shape index (κ2) is 5.19. The van der Waals surface area contributed by atoms with Gasteiger partial charge in [0.2, 0.25) is 0 Å². The van der Waals surface area contributed by atoms with Gasteiger partial charge in [-0.05, 0) is 6.07 Å². The van der Waals surface area contributed by atoms with E-state index < -0.39 is 28.7 Å². The summed E-state index contributed by atoms with van der Waals surface area (Å²) < 4.78 is 18.7. The number of hydrogen-bond acceptors (Lipinski definition) is 5. The van der Waals surface area contributed by atoms with Gasteiger partial charge in [-0.1, -0.05) is 0 Å². The number of nitro groups is 1. The normalized spacial score (nSPS) is 22.2. The number of carboxylic acids is 1. The summed E-state index contributed by atoms with van der Waals surface area (Å²) in [6.45, 7) is 0.203. The van der Waals surface area contributed by atoms with Crippen LogP contribution in [0, 0.1) is 21.8 Å². The number of hydrogen-bond donors (Lipinski definition) is 2.